The van der Waals surface area contributed by atoms with Crippen molar-refractivity contribution in [2.45, 2.75) is 51.5 Å². The minimum Gasteiger partial charge on any atom is -0.341 e. The van der Waals surface area contributed by atoms with E-state index in [1.807, 2.05) is 4.90 Å². The molecule has 1 aliphatic heterocycles. The van der Waals surface area contributed by atoms with Crippen LogP contribution in [-0.4, -0.2) is 54.3 Å². The average Bonchev–Trinajstić information content (AvgIpc) is 3.27. The second-order valence-corrected chi connectivity index (χ2v) is 7.10. The zero-order valence-electron chi connectivity index (χ0n) is 13.8. The zero-order valence-corrected chi connectivity index (χ0v) is 13.8. The van der Waals surface area contributed by atoms with Gasteiger partial charge in [0, 0.05) is 19.3 Å². The lowest BCUT2D eigenvalue weighted by Gasteiger charge is -2.44. The molecule has 0 radical (unpaired) electrons. The molecule has 8 nitrogen and oxygen atoms in total. The van der Waals surface area contributed by atoms with Crippen molar-refractivity contribution in [1.82, 2.24) is 35.3 Å². The van der Waals surface area contributed by atoms with E-state index in [0.29, 0.717) is 11.2 Å². The van der Waals surface area contributed by atoms with Crippen LogP contribution in [0.15, 0.2) is 12.4 Å². The Kier molecular flexibility index (Phi) is 4.03. The molecule has 2 fully saturated rings. The van der Waals surface area contributed by atoms with Crippen LogP contribution in [0.1, 0.15) is 44.9 Å². The monoisotopic (exact) mass is 329 g/mol. The molecule has 128 valence electrons. The number of rotatable bonds is 3. The number of nitrogens with zero attached hydrogens (tertiary/aromatic N) is 6. The number of amides is 1. The number of hydrogen-bond donors (Lipinski definition) is 1. The third-order valence-electron chi connectivity index (χ3n) is 5.63. The fourth-order valence-corrected chi connectivity index (χ4v) is 4.12. The molecule has 0 bridgehead atoms. The lowest BCUT2D eigenvalue weighted by Crippen LogP contribution is -2.45. The second-order valence-electron chi connectivity index (χ2n) is 7.10. The lowest BCUT2D eigenvalue weighted by molar-refractivity contribution is -0.134. The van der Waals surface area contributed by atoms with Crippen molar-refractivity contribution in [2.75, 3.05) is 13.1 Å². The maximum Gasteiger partial charge on any atom is 0.244 e. The number of piperidine rings is 1. The van der Waals surface area contributed by atoms with Gasteiger partial charge in [0.1, 0.15) is 6.54 Å². The van der Waals surface area contributed by atoms with E-state index in [9.17, 15) is 4.79 Å². The Balaban J connectivity index is 1.34. The topological polar surface area (TPSA) is 92.6 Å². The fourth-order valence-electron chi connectivity index (χ4n) is 4.12. The molecule has 4 rings (SSSR count). The summed E-state index contributed by atoms with van der Waals surface area (Å²) in [6.07, 6.45) is 12.6. The Labute approximate surface area is 140 Å². The molecule has 1 saturated carbocycles. The van der Waals surface area contributed by atoms with Crippen molar-refractivity contribution in [3.8, 4) is 11.4 Å². The van der Waals surface area contributed by atoms with Crippen molar-refractivity contribution in [2.24, 2.45) is 5.41 Å². The summed E-state index contributed by atoms with van der Waals surface area (Å²) in [5.74, 6) is 0.634. The molecule has 24 heavy (non-hydrogen) atoms. The maximum absolute atomic E-state index is 12.5. The number of carbonyl (C=O) groups excluding carboxylic acids is 1. The van der Waals surface area contributed by atoms with Crippen molar-refractivity contribution < 1.29 is 4.79 Å². The van der Waals surface area contributed by atoms with E-state index in [1.165, 1.54) is 32.1 Å². The molecule has 1 amide bonds. The van der Waals surface area contributed by atoms with Crippen LogP contribution in [0.4, 0.5) is 0 Å². The Morgan fingerprint density at radius 3 is 2.67 bits per heavy atom. The summed E-state index contributed by atoms with van der Waals surface area (Å²) in [6.45, 7) is 2.04. The predicted molar refractivity (Wildman–Crippen MR) is 86.7 cm³/mol. The van der Waals surface area contributed by atoms with Gasteiger partial charge in [-0.1, -0.05) is 19.3 Å². The third kappa shape index (κ3) is 3.05. The molecule has 0 atom stereocenters. The molecular formula is C16H23N7O. The van der Waals surface area contributed by atoms with Gasteiger partial charge in [0.15, 0.2) is 0 Å². The maximum atomic E-state index is 12.5. The summed E-state index contributed by atoms with van der Waals surface area (Å²) < 4.78 is 1.65. The summed E-state index contributed by atoms with van der Waals surface area (Å²) >= 11 is 0. The molecule has 2 aliphatic rings. The number of tetrazole rings is 1. The first-order valence-corrected chi connectivity index (χ1v) is 8.78. The van der Waals surface area contributed by atoms with Gasteiger partial charge < -0.3 is 4.90 Å². The first-order chi connectivity index (χ1) is 11.7. The minimum atomic E-state index is 0.142. The van der Waals surface area contributed by atoms with Gasteiger partial charge in [0.05, 0.1) is 11.8 Å². The fraction of sp³-hybridized carbons (Fsp3) is 0.688. The van der Waals surface area contributed by atoms with Gasteiger partial charge in [-0.05, 0) is 36.3 Å². The smallest absolute Gasteiger partial charge is 0.244 e. The molecule has 0 aromatic carbocycles. The number of carbonyl (C=O) groups is 1. The van der Waals surface area contributed by atoms with E-state index in [2.05, 4.69) is 25.7 Å². The number of likely N-dealkylation sites (tertiary alicyclic amines) is 1. The Hall–Kier alpha value is -2.25. The third-order valence-corrected chi connectivity index (χ3v) is 5.63. The van der Waals surface area contributed by atoms with Crippen LogP contribution in [0.2, 0.25) is 0 Å². The average molecular weight is 329 g/mol. The van der Waals surface area contributed by atoms with Crippen molar-refractivity contribution >= 4 is 5.91 Å². The first-order valence-electron chi connectivity index (χ1n) is 8.78. The number of aromatic nitrogens is 6. The first kappa shape index (κ1) is 15.3. The largest absolute Gasteiger partial charge is 0.341 e. The molecule has 1 saturated heterocycles. The Morgan fingerprint density at radius 2 is 1.96 bits per heavy atom. The molecule has 8 heteroatoms. The van der Waals surface area contributed by atoms with E-state index in [0.717, 1.165) is 31.5 Å². The molecule has 1 N–H and O–H groups in total. The Bertz CT molecular complexity index is 677. The molecule has 1 aliphatic carbocycles. The molecule has 3 heterocycles. The van der Waals surface area contributed by atoms with Gasteiger partial charge in [-0.15, -0.1) is 10.2 Å². The number of H-pyrrole nitrogens is 1. The van der Waals surface area contributed by atoms with Crippen molar-refractivity contribution in [1.29, 1.82) is 0 Å². The highest BCUT2D eigenvalue weighted by Crippen LogP contribution is 2.44. The van der Waals surface area contributed by atoms with Crippen LogP contribution in [0, 0.1) is 5.41 Å². The van der Waals surface area contributed by atoms with E-state index in [1.54, 1.807) is 17.1 Å². The zero-order chi connectivity index (χ0) is 16.4. The Morgan fingerprint density at radius 1 is 1.17 bits per heavy atom. The van der Waals surface area contributed by atoms with Gasteiger partial charge in [0.2, 0.25) is 11.7 Å². The van der Waals surface area contributed by atoms with Crippen molar-refractivity contribution in [3.63, 3.8) is 0 Å². The summed E-state index contributed by atoms with van der Waals surface area (Å²) in [6, 6.07) is 0. The highest BCUT2D eigenvalue weighted by atomic mass is 16.2. The quantitative estimate of drug-likeness (QED) is 0.924. The number of aromatic amines is 1. The molecule has 2 aromatic heterocycles. The van der Waals surface area contributed by atoms with Crippen LogP contribution in [-0.2, 0) is 11.3 Å². The molecule has 0 unspecified atom stereocenters. The van der Waals surface area contributed by atoms with E-state index in [-0.39, 0.29) is 12.5 Å². The van der Waals surface area contributed by atoms with Gasteiger partial charge in [0.25, 0.3) is 0 Å². The molecule has 2 aromatic rings. The van der Waals surface area contributed by atoms with Crippen LogP contribution in [0.25, 0.3) is 11.4 Å². The summed E-state index contributed by atoms with van der Waals surface area (Å²) in [7, 11) is 0. The number of nitrogens with one attached hydrogen (secondary N) is 1. The standard InChI is InChI=1S/C16H23N7O/c24-14(12-23-11-13(10-17-23)15-18-20-21-19-15)22-8-6-16(7-9-22)4-2-1-3-5-16/h10-11H,1-9,12H2,(H,18,19,20,21). The van der Waals surface area contributed by atoms with Crippen LogP contribution < -0.4 is 0 Å². The lowest BCUT2D eigenvalue weighted by atomic mass is 9.68. The molecular weight excluding hydrogens is 306 g/mol. The van der Waals surface area contributed by atoms with E-state index in [4.69, 9.17) is 0 Å². The normalized spacial score (nSPS) is 20.4. The van der Waals surface area contributed by atoms with Gasteiger partial charge in [-0.2, -0.15) is 10.3 Å². The van der Waals surface area contributed by atoms with E-state index >= 15 is 0 Å². The number of hydrogen-bond acceptors (Lipinski definition) is 5. The minimum absolute atomic E-state index is 0.142. The van der Waals surface area contributed by atoms with Crippen LogP contribution in [0.3, 0.4) is 0 Å². The molecule has 1 spiro atoms. The SMILES string of the molecule is O=C(Cn1cc(-c2nn[nH]n2)cn1)N1CCC2(CCCCC2)CC1. The highest BCUT2D eigenvalue weighted by molar-refractivity contribution is 5.76. The van der Waals surface area contributed by atoms with E-state index < -0.39 is 0 Å². The highest BCUT2D eigenvalue weighted by Gasteiger charge is 2.36. The van der Waals surface area contributed by atoms with Crippen LogP contribution >= 0.6 is 0 Å². The van der Waals surface area contributed by atoms with Crippen molar-refractivity contribution in [3.05, 3.63) is 12.4 Å². The van der Waals surface area contributed by atoms with Gasteiger partial charge in [-0.3, -0.25) is 9.48 Å². The predicted octanol–water partition coefficient (Wildman–Crippen LogP) is 1.64. The van der Waals surface area contributed by atoms with Crippen LogP contribution in [0.5, 0.6) is 0 Å². The summed E-state index contributed by atoms with van der Waals surface area (Å²) in [4.78, 5) is 14.5. The van der Waals surface area contributed by atoms with Gasteiger partial charge >= 0.3 is 0 Å². The summed E-state index contributed by atoms with van der Waals surface area (Å²) in [5, 5.41) is 18.0. The van der Waals surface area contributed by atoms with Gasteiger partial charge in [-0.25, -0.2) is 0 Å². The second kappa shape index (κ2) is 6.33. The summed E-state index contributed by atoms with van der Waals surface area (Å²) in [5.41, 5.74) is 1.28.